The van der Waals surface area contributed by atoms with E-state index in [-0.39, 0.29) is 28.0 Å². The van der Waals surface area contributed by atoms with Gasteiger partial charge in [-0.05, 0) is 60.8 Å². The smallest absolute Gasteiger partial charge is 0.330 e. The molecule has 0 radical (unpaired) electrons. The maximum atomic E-state index is 12.2. The zero-order valence-corrected chi connectivity index (χ0v) is 12.2. The summed E-state index contributed by atoms with van der Waals surface area (Å²) in [5.41, 5.74) is 1.81. The average Bonchev–Trinajstić information content (AvgIpc) is 2.34. The van der Waals surface area contributed by atoms with Gasteiger partial charge in [-0.1, -0.05) is 6.42 Å². The maximum Gasteiger partial charge on any atom is 0.446 e. The molecule has 0 atom stereocenters. The van der Waals surface area contributed by atoms with E-state index in [0.717, 1.165) is 19.3 Å². The third-order valence-corrected chi connectivity index (χ3v) is 4.49. The molecule has 116 valence electrons. The van der Waals surface area contributed by atoms with E-state index in [2.05, 4.69) is 5.32 Å². The van der Waals surface area contributed by atoms with E-state index in [1.165, 1.54) is 24.3 Å². The van der Waals surface area contributed by atoms with Gasteiger partial charge in [-0.2, -0.15) is 13.2 Å². The lowest BCUT2D eigenvalue weighted by Crippen LogP contribution is -2.40. The van der Waals surface area contributed by atoms with Gasteiger partial charge in [0.1, 0.15) is 0 Å². The Bertz CT molecular complexity index is 492. The number of anilines is 1. The van der Waals surface area contributed by atoms with Crippen molar-refractivity contribution < 1.29 is 18.0 Å². The molecule has 7 heteroatoms. The van der Waals surface area contributed by atoms with Crippen LogP contribution in [0.1, 0.15) is 25.7 Å². The molecule has 1 aliphatic rings. The van der Waals surface area contributed by atoms with Crippen molar-refractivity contribution in [2.45, 2.75) is 36.1 Å². The van der Waals surface area contributed by atoms with Gasteiger partial charge in [0, 0.05) is 17.0 Å². The monoisotopic (exact) mass is 318 g/mol. The maximum absolute atomic E-state index is 12.2. The zero-order valence-electron chi connectivity index (χ0n) is 11.4. The zero-order chi connectivity index (χ0) is 15.5. The van der Waals surface area contributed by atoms with Crippen LogP contribution in [0.5, 0.6) is 0 Å². The largest absolute Gasteiger partial charge is 0.446 e. The van der Waals surface area contributed by atoms with Crippen molar-refractivity contribution in [1.29, 1.82) is 0 Å². The lowest BCUT2D eigenvalue weighted by Gasteiger charge is -2.40. The van der Waals surface area contributed by atoms with Crippen LogP contribution >= 0.6 is 11.8 Å². The minimum absolute atomic E-state index is 0.0871. The number of amides is 1. The Kier molecular flexibility index (Phi) is 4.83. The molecule has 0 aliphatic heterocycles. The predicted molar refractivity (Wildman–Crippen MR) is 76.9 cm³/mol. The molecule has 1 aromatic rings. The number of halogens is 3. The van der Waals surface area contributed by atoms with Gasteiger partial charge in [-0.3, -0.25) is 4.79 Å². The SMILES string of the molecule is NCC1(CC(=O)Nc2ccc(SC(F)(F)F)cc2)CCC1. The van der Waals surface area contributed by atoms with Crippen LogP contribution in [0.4, 0.5) is 18.9 Å². The first-order valence-corrected chi connectivity index (χ1v) is 7.49. The second-order valence-electron chi connectivity index (χ2n) is 5.35. The van der Waals surface area contributed by atoms with Gasteiger partial charge in [0.2, 0.25) is 5.91 Å². The third kappa shape index (κ3) is 4.64. The van der Waals surface area contributed by atoms with Crippen LogP contribution in [0.25, 0.3) is 0 Å². The Morgan fingerprint density at radius 1 is 1.29 bits per heavy atom. The van der Waals surface area contributed by atoms with Crippen LogP contribution < -0.4 is 11.1 Å². The van der Waals surface area contributed by atoms with E-state index in [9.17, 15) is 18.0 Å². The molecule has 21 heavy (non-hydrogen) atoms. The molecule has 2 rings (SSSR count). The molecule has 1 fully saturated rings. The Morgan fingerprint density at radius 3 is 2.33 bits per heavy atom. The molecular weight excluding hydrogens is 301 g/mol. The van der Waals surface area contributed by atoms with Crippen molar-refractivity contribution in [2.24, 2.45) is 11.1 Å². The van der Waals surface area contributed by atoms with Crippen LogP contribution in [0.15, 0.2) is 29.2 Å². The highest BCUT2D eigenvalue weighted by atomic mass is 32.2. The summed E-state index contributed by atoms with van der Waals surface area (Å²) in [6.07, 6.45) is 3.37. The van der Waals surface area contributed by atoms with Gasteiger partial charge < -0.3 is 11.1 Å². The van der Waals surface area contributed by atoms with E-state index in [4.69, 9.17) is 5.73 Å². The number of hydrogen-bond donors (Lipinski definition) is 2. The van der Waals surface area contributed by atoms with E-state index in [1.807, 2.05) is 0 Å². The fourth-order valence-corrected chi connectivity index (χ4v) is 2.95. The average molecular weight is 318 g/mol. The fourth-order valence-electron chi connectivity index (χ4n) is 2.42. The lowest BCUT2D eigenvalue weighted by atomic mass is 9.66. The lowest BCUT2D eigenvalue weighted by molar-refractivity contribution is -0.119. The number of rotatable bonds is 5. The number of thioether (sulfide) groups is 1. The molecule has 0 spiro atoms. The topological polar surface area (TPSA) is 55.1 Å². The van der Waals surface area contributed by atoms with Crippen molar-refractivity contribution in [3.8, 4) is 0 Å². The molecule has 1 aliphatic carbocycles. The number of alkyl halides is 3. The van der Waals surface area contributed by atoms with Crippen molar-refractivity contribution in [2.75, 3.05) is 11.9 Å². The molecule has 1 aromatic carbocycles. The summed E-state index contributed by atoms with van der Waals surface area (Å²) in [5, 5.41) is 2.71. The molecule has 0 unspecified atom stereocenters. The van der Waals surface area contributed by atoms with Crippen molar-refractivity contribution in [1.82, 2.24) is 0 Å². The summed E-state index contributed by atoms with van der Waals surface area (Å²) in [5.74, 6) is -0.142. The number of nitrogens with two attached hydrogens (primary N) is 1. The summed E-state index contributed by atoms with van der Waals surface area (Å²) in [7, 11) is 0. The first-order chi connectivity index (χ1) is 9.82. The van der Waals surface area contributed by atoms with E-state index in [1.54, 1.807) is 0 Å². The molecule has 3 nitrogen and oxygen atoms in total. The summed E-state index contributed by atoms with van der Waals surface area (Å²) >= 11 is -0.175. The normalized spacial score (nSPS) is 17.1. The molecule has 0 aromatic heterocycles. The second-order valence-corrected chi connectivity index (χ2v) is 6.49. The van der Waals surface area contributed by atoms with Gasteiger partial charge in [-0.25, -0.2) is 0 Å². The highest BCUT2D eigenvalue weighted by Gasteiger charge is 2.37. The molecule has 3 N–H and O–H groups in total. The molecule has 0 heterocycles. The summed E-state index contributed by atoms with van der Waals surface area (Å²) < 4.78 is 36.6. The van der Waals surface area contributed by atoms with Crippen molar-refractivity contribution >= 4 is 23.4 Å². The molecule has 0 bridgehead atoms. The summed E-state index contributed by atoms with van der Waals surface area (Å²) in [6, 6.07) is 5.63. The minimum Gasteiger partial charge on any atom is -0.330 e. The van der Waals surface area contributed by atoms with Gasteiger partial charge in [-0.15, -0.1) is 0 Å². The molecule has 0 saturated heterocycles. The number of carbonyl (C=O) groups is 1. The minimum atomic E-state index is -4.30. The second kappa shape index (κ2) is 6.27. The quantitative estimate of drug-likeness (QED) is 0.813. The van der Waals surface area contributed by atoms with Crippen LogP contribution in [0.2, 0.25) is 0 Å². The standard InChI is InChI=1S/C14H17F3N2OS/c15-14(16,17)21-11-4-2-10(3-5-11)19-12(20)8-13(9-18)6-1-7-13/h2-5H,1,6-9,18H2,(H,19,20). The van der Waals surface area contributed by atoms with Gasteiger partial charge in [0.25, 0.3) is 0 Å². The van der Waals surface area contributed by atoms with Crippen LogP contribution in [-0.4, -0.2) is 18.0 Å². The number of hydrogen-bond acceptors (Lipinski definition) is 3. The van der Waals surface area contributed by atoms with E-state index >= 15 is 0 Å². The van der Waals surface area contributed by atoms with Crippen LogP contribution in [-0.2, 0) is 4.79 Å². The number of benzene rings is 1. The van der Waals surface area contributed by atoms with Crippen molar-refractivity contribution in [3.05, 3.63) is 24.3 Å². The van der Waals surface area contributed by atoms with Crippen molar-refractivity contribution in [3.63, 3.8) is 0 Å². The predicted octanol–water partition coefficient (Wildman–Crippen LogP) is 3.76. The highest BCUT2D eigenvalue weighted by molar-refractivity contribution is 8.00. The molecule has 1 amide bonds. The fraction of sp³-hybridized carbons (Fsp3) is 0.500. The summed E-state index contributed by atoms with van der Waals surface area (Å²) in [6.45, 7) is 0.488. The number of carbonyl (C=O) groups excluding carboxylic acids is 1. The first-order valence-electron chi connectivity index (χ1n) is 6.68. The first kappa shape index (κ1) is 16.2. The summed E-state index contributed by atoms with van der Waals surface area (Å²) in [4.78, 5) is 12.0. The molecule has 1 saturated carbocycles. The Balaban J connectivity index is 1.89. The van der Waals surface area contributed by atoms with Crippen LogP contribution in [0, 0.1) is 5.41 Å². The molecular formula is C14H17F3N2OS. The third-order valence-electron chi connectivity index (χ3n) is 3.75. The Morgan fingerprint density at radius 2 is 1.90 bits per heavy atom. The Hall–Kier alpha value is -1.21. The highest BCUT2D eigenvalue weighted by Crippen LogP contribution is 2.43. The van der Waals surface area contributed by atoms with Gasteiger partial charge in [0.05, 0.1) is 0 Å². The van der Waals surface area contributed by atoms with E-state index in [0.29, 0.717) is 18.7 Å². The van der Waals surface area contributed by atoms with Gasteiger partial charge in [0.15, 0.2) is 0 Å². The number of nitrogens with one attached hydrogen (secondary N) is 1. The van der Waals surface area contributed by atoms with E-state index < -0.39 is 5.51 Å². The Labute approximate surface area is 125 Å². The van der Waals surface area contributed by atoms with Gasteiger partial charge >= 0.3 is 5.51 Å². The van der Waals surface area contributed by atoms with Crippen LogP contribution in [0.3, 0.4) is 0 Å².